The maximum atomic E-state index is 13.6. The number of hydrogen-bond donors (Lipinski definition) is 1. The molecule has 10 heteroatoms. The highest BCUT2D eigenvalue weighted by Crippen LogP contribution is 2.48. The summed E-state index contributed by atoms with van der Waals surface area (Å²) in [6.45, 7) is 6.75. The van der Waals surface area contributed by atoms with Crippen LogP contribution in [0, 0.1) is 20.8 Å². The summed E-state index contributed by atoms with van der Waals surface area (Å²) in [7, 11) is 4.38. The minimum atomic E-state index is -1.09. The van der Waals surface area contributed by atoms with Crippen molar-refractivity contribution in [3.63, 3.8) is 0 Å². The number of aliphatic hydroxyl groups excluding tert-OH is 1. The molecule has 0 bridgehead atoms. The predicted molar refractivity (Wildman–Crippen MR) is 144 cm³/mol. The van der Waals surface area contributed by atoms with Gasteiger partial charge >= 0.3 is 5.91 Å². The van der Waals surface area contributed by atoms with Crippen molar-refractivity contribution in [1.29, 1.82) is 0 Å². The number of methoxy groups -OCH3 is 3. The van der Waals surface area contributed by atoms with Crippen LogP contribution in [-0.2, 0) is 9.59 Å². The fourth-order valence-electron chi connectivity index (χ4n) is 4.55. The molecular formula is C28H28N2O7S. The number of carbonyl (C=O) groups excluding carboxylic acids is 3. The Morgan fingerprint density at radius 3 is 2.16 bits per heavy atom. The third-order valence-corrected chi connectivity index (χ3v) is 7.66. The highest BCUT2D eigenvalue weighted by atomic mass is 32.1. The van der Waals surface area contributed by atoms with Crippen LogP contribution in [0.15, 0.2) is 35.9 Å². The van der Waals surface area contributed by atoms with Crippen molar-refractivity contribution in [2.24, 2.45) is 0 Å². The minimum Gasteiger partial charge on any atom is -0.507 e. The van der Waals surface area contributed by atoms with Crippen molar-refractivity contribution in [2.75, 3.05) is 26.2 Å². The zero-order valence-corrected chi connectivity index (χ0v) is 23.0. The van der Waals surface area contributed by atoms with E-state index in [2.05, 4.69) is 4.98 Å². The summed E-state index contributed by atoms with van der Waals surface area (Å²) in [4.78, 5) is 45.3. The second kappa shape index (κ2) is 10.3. The largest absolute Gasteiger partial charge is 0.507 e. The second-order valence-corrected chi connectivity index (χ2v) is 9.89. The normalized spacial score (nSPS) is 16.6. The van der Waals surface area contributed by atoms with Crippen LogP contribution in [0.5, 0.6) is 17.2 Å². The number of benzene rings is 2. The van der Waals surface area contributed by atoms with E-state index >= 15 is 0 Å². The third kappa shape index (κ3) is 4.41. The fraction of sp³-hybridized carbons (Fsp3) is 0.286. The SMILES string of the molecule is COc1cc(C2C(=C(O)c3cc(C)ccc3C)C(=O)C(=O)N2c2nc(C)c(C(C)=O)s2)cc(OC)c1OC. The van der Waals surface area contributed by atoms with Gasteiger partial charge in [0.2, 0.25) is 5.75 Å². The molecule has 0 saturated carbocycles. The van der Waals surface area contributed by atoms with Crippen LogP contribution in [0.3, 0.4) is 0 Å². The lowest BCUT2D eigenvalue weighted by Crippen LogP contribution is -2.29. The van der Waals surface area contributed by atoms with Crippen LogP contribution in [0.1, 0.15) is 50.6 Å². The van der Waals surface area contributed by atoms with Gasteiger partial charge in [-0.2, -0.15) is 0 Å². The van der Waals surface area contributed by atoms with Gasteiger partial charge in [0.15, 0.2) is 22.4 Å². The van der Waals surface area contributed by atoms with E-state index in [1.165, 1.54) is 33.2 Å². The number of ketones is 2. The fourth-order valence-corrected chi connectivity index (χ4v) is 5.54. The molecule has 2 aromatic carbocycles. The van der Waals surface area contributed by atoms with Gasteiger partial charge in [-0.1, -0.05) is 29.0 Å². The predicted octanol–water partition coefficient (Wildman–Crippen LogP) is 4.92. The van der Waals surface area contributed by atoms with Gasteiger partial charge < -0.3 is 19.3 Å². The second-order valence-electron chi connectivity index (χ2n) is 8.91. The zero-order chi connectivity index (χ0) is 27.9. The molecule has 1 aliphatic rings. The van der Waals surface area contributed by atoms with E-state index in [9.17, 15) is 19.5 Å². The molecule has 38 heavy (non-hydrogen) atoms. The Bertz CT molecular complexity index is 1480. The Kier molecular flexibility index (Phi) is 7.28. The topological polar surface area (TPSA) is 115 Å². The Hall–Kier alpha value is -4.18. The number of hydrogen-bond acceptors (Lipinski definition) is 9. The summed E-state index contributed by atoms with van der Waals surface area (Å²) in [6, 6.07) is 7.63. The highest BCUT2D eigenvalue weighted by Gasteiger charge is 2.49. The Balaban J connectivity index is 2.06. The molecule has 3 aromatic rings. The number of anilines is 1. The summed E-state index contributed by atoms with van der Waals surface area (Å²) in [5, 5.41) is 11.7. The van der Waals surface area contributed by atoms with Gasteiger partial charge in [-0.15, -0.1) is 0 Å². The van der Waals surface area contributed by atoms with Gasteiger partial charge in [-0.05, 0) is 50.1 Å². The van der Waals surface area contributed by atoms with Crippen molar-refractivity contribution in [1.82, 2.24) is 4.98 Å². The monoisotopic (exact) mass is 536 g/mol. The number of aliphatic hydroxyl groups is 1. The van der Waals surface area contributed by atoms with E-state index < -0.39 is 17.7 Å². The van der Waals surface area contributed by atoms with Crippen molar-refractivity contribution < 1.29 is 33.7 Å². The average Bonchev–Trinajstić information content (AvgIpc) is 3.40. The molecule has 1 unspecified atom stereocenters. The van der Waals surface area contributed by atoms with Crippen LogP contribution in [0.25, 0.3) is 5.76 Å². The van der Waals surface area contributed by atoms with E-state index in [0.717, 1.165) is 22.5 Å². The number of amides is 1. The van der Waals surface area contributed by atoms with E-state index in [-0.39, 0.29) is 22.2 Å². The standard InChI is InChI=1S/C28H28N2O7S/c1-13-8-9-14(2)18(10-13)23(32)21-22(17-11-19(35-5)25(37-7)20(12-17)36-6)30(27(34)24(21)33)28-29-15(3)26(38-28)16(4)31/h8-12,22,32H,1-7H3. The average molecular weight is 537 g/mol. The Morgan fingerprint density at radius 1 is 1.00 bits per heavy atom. The van der Waals surface area contributed by atoms with Crippen LogP contribution in [0.4, 0.5) is 5.13 Å². The lowest BCUT2D eigenvalue weighted by Gasteiger charge is -2.25. The molecule has 0 radical (unpaired) electrons. The molecule has 1 aromatic heterocycles. The molecule has 0 spiro atoms. The third-order valence-electron chi connectivity index (χ3n) is 6.41. The molecule has 1 amide bonds. The van der Waals surface area contributed by atoms with Gasteiger partial charge in [0.1, 0.15) is 5.76 Å². The molecule has 1 fully saturated rings. The van der Waals surface area contributed by atoms with E-state index in [0.29, 0.717) is 38.9 Å². The van der Waals surface area contributed by atoms with Crippen LogP contribution < -0.4 is 19.1 Å². The zero-order valence-electron chi connectivity index (χ0n) is 22.2. The summed E-state index contributed by atoms with van der Waals surface area (Å²) in [6.07, 6.45) is 0. The molecule has 198 valence electrons. The molecule has 4 rings (SSSR count). The summed E-state index contributed by atoms with van der Waals surface area (Å²) < 4.78 is 16.5. The summed E-state index contributed by atoms with van der Waals surface area (Å²) in [5.41, 5.74) is 2.78. The van der Waals surface area contributed by atoms with Gasteiger partial charge in [-0.3, -0.25) is 19.3 Å². The molecule has 0 aliphatic carbocycles. The molecule has 1 aliphatic heterocycles. The first-order chi connectivity index (χ1) is 18.0. The molecular weight excluding hydrogens is 508 g/mol. The van der Waals surface area contributed by atoms with E-state index in [4.69, 9.17) is 14.2 Å². The lowest BCUT2D eigenvalue weighted by atomic mass is 9.93. The molecule has 1 saturated heterocycles. The maximum absolute atomic E-state index is 13.6. The quantitative estimate of drug-likeness (QED) is 0.196. The first kappa shape index (κ1) is 26.9. The summed E-state index contributed by atoms with van der Waals surface area (Å²) >= 11 is 1.01. The number of nitrogens with zero attached hydrogens (tertiary/aromatic N) is 2. The lowest BCUT2D eigenvalue weighted by molar-refractivity contribution is -0.132. The van der Waals surface area contributed by atoms with Crippen molar-refractivity contribution in [3.8, 4) is 17.2 Å². The van der Waals surface area contributed by atoms with Crippen LogP contribution in [0.2, 0.25) is 0 Å². The number of thiazole rings is 1. The Morgan fingerprint density at radius 2 is 1.63 bits per heavy atom. The molecule has 2 heterocycles. The molecule has 1 N–H and O–H groups in total. The number of Topliss-reactive ketones (excluding diaryl/α,β-unsaturated/α-hetero) is 2. The maximum Gasteiger partial charge on any atom is 0.301 e. The van der Waals surface area contributed by atoms with Gasteiger partial charge in [0, 0.05) is 12.5 Å². The highest BCUT2D eigenvalue weighted by molar-refractivity contribution is 7.18. The van der Waals surface area contributed by atoms with Gasteiger partial charge in [0.25, 0.3) is 5.78 Å². The van der Waals surface area contributed by atoms with Gasteiger partial charge in [-0.25, -0.2) is 4.98 Å². The summed E-state index contributed by atoms with van der Waals surface area (Å²) in [5.74, 6) is -1.33. The van der Waals surface area contributed by atoms with Crippen LogP contribution >= 0.6 is 11.3 Å². The van der Waals surface area contributed by atoms with Crippen molar-refractivity contribution >= 4 is 39.7 Å². The Labute approximate surface area is 224 Å². The van der Waals surface area contributed by atoms with E-state index in [1.807, 2.05) is 26.0 Å². The van der Waals surface area contributed by atoms with Gasteiger partial charge in [0.05, 0.1) is 43.5 Å². The number of aromatic nitrogens is 1. The van der Waals surface area contributed by atoms with E-state index in [1.54, 1.807) is 25.1 Å². The molecule has 9 nitrogen and oxygen atoms in total. The van der Waals surface area contributed by atoms with Crippen molar-refractivity contribution in [2.45, 2.75) is 33.7 Å². The number of rotatable bonds is 7. The number of aryl methyl sites for hydroxylation is 3. The molecule has 1 atom stereocenters. The minimum absolute atomic E-state index is 0.116. The van der Waals surface area contributed by atoms with Crippen molar-refractivity contribution in [3.05, 3.63) is 68.7 Å². The number of carbonyl (C=O) groups is 3. The van der Waals surface area contributed by atoms with Crippen LogP contribution in [-0.4, -0.2) is 48.9 Å². The smallest absolute Gasteiger partial charge is 0.301 e. The first-order valence-electron chi connectivity index (χ1n) is 11.7. The first-order valence-corrected chi connectivity index (χ1v) is 12.5. The number of ether oxygens (including phenoxy) is 3.